The Bertz CT molecular complexity index is 413. The van der Waals surface area contributed by atoms with Crippen LogP contribution >= 0.6 is 0 Å². The molecule has 0 aromatic heterocycles. The van der Waals surface area contributed by atoms with E-state index in [4.69, 9.17) is 16.6 Å². The lowest BCUT2D eigenvalue weighted by Crippen LogP contribution is -2.34. The molecule has 0 aliphatic carbocycles. The Morgan fingerprint density at radius 2 is 2.12 bits per heavy atom. The molecule has 0 fully saturated rings. The first kappa shape index (κ1) is 13.2. The van der Waals surface area contributed by atoms with Crippen LogP contribution in [0.2, 0.25) is 0 Å². The maximum atomic E-state index is 12.3. The minimum atomic E-state index is -2.59. The van der Waals surface area contributed by atoms with Crippen LogP contribution in [0.1, 0.15) is 12.0 Å². The van der Waals surface area contributed by atoms with E-state index in [1.165, 1.54) is 12.1 Å². The van der Waals surface area contributed by atoms with E-state index in [0.29, 0.717) is 5.69 Å². The van der Waals surface area contributed by atoms with E-state index < -0.39 is 18.4 Å². The first-order valence-corrected chi connectivity index (χ1v) is 4.80. The summed E-state index contributed by atoms with van der Waals surface area (Å²) in [5.41, 5.74) is 10.6. The fraction of sp³-hybridized carbons (Fsp3) is 0.300. The molecule has 1 atom stereocenters. The number of nitrogens with two attached hydrogens (primary N) is 2. The predicted octanol–water partition coefficient (Wildman–Crippen LogP) is 0.464. The van der Waals surface area contributed by atoms with Gasteiger partial charge in [0, 0.05) is 12.1 Å². The second-order valence-corrected chi connectivity index (χ2v) is 3.45. The zero-order valence-electron chi connectivity index (χ0n) is 8.86. The summed E-state index contributed by atoms with van der Waals surface area (Å²) in [7, 11) is 0. The smallest absolute Gasteiger partial charge is 0.263 e. The topological polar surface area (TPSA) is 101 Å². The van der Waals surface area contributed by atoms with Gasteiger partial charge in [-0.3, -0.25) is 4.79 Å². The van der Waals surface area contributed by atoms with Gasteiger partial charge in [-0.05, 0) is 12.1 Å². The number of nitrogens with one attached hydrogen (secondary N) is 1. The zero-order chi connectivity index (χ0) is 13.0. The second-order valence-electron chi connectivity index (χ2n) is 3.45. The van der Waals surface area contributed by atoms with Crippen LogP contribution in [-0.2, 0) is 4.79 Å². The van der Waals surface area contributed by atoms with Gasteiger partial charge in [-0.1, -0.05) is 6.07 Å². The van der Waals surface area contributed by atoms with Crippen LogP contribution in [0, 0.1) is 0 Å². The number of carbonyl (C=O) groups is 1. The van der Waals surface area contributed by atoms with Crippen molar-refractivity contribution >= 4 is 17.3 Å². The summed E-state index contributed by atoms with van der Waals surface area (Å²) in [6, 6.07) is 3.69. The summed E-state index contributed by atoms with van der Waals surface area (Å²) in [4.78, 5) is 10.6. The molecule has 1 aromatic rings. The van der Waals surface area contributed by atoms with Gasteiger partial charge in [-0.2, -0.15) is 0 Å². The van der Waals surface area contributed by atoms with Crippen LogP contribution < -0.4 is 16.8 Å². The van der Waals surface area contributed by atoms with Crippen molar-refractivity contribution in [2.24, 2.45) is 5.73 Å². The molecule has 94 valence electrons. The first-order valence-electron chi connectivity index (χ1n) is 4.80. The van der Waals surface area contributed by atoms with Crippen molar-refractivity contribution in [3.63, 3.8) is 0 Å². The summed E-state index contributed by atoms with van der Waals surface area (Å²) in [6.07, 6.45) is -3.95. The Morgan fingerprint density at radius 1 is 1.47 bits per heavy atom. The van der Waals surface area contributed by atoms with Gasteiger partial charge < -0.3 is 21.9 Å². The Kier molecular flexibility index (Phi) is 4.22. The van der Waals surface area contributed by atoms with Crippen molar-refractivity contribution in [1.29, 1.82) is 0 Å². The maximum Gasteiger partial charge on any atom is 0.263 e. The highest BCUT2D eigenvalue weighted by atomic mass is 19.3. The van der Waals surface area contributed by atoms with Crippen LogP contribution in [0.5, 0.6) is 0 Å². The van der Waals surface area contributed by atoms with E-state index in [1.54, 1.807) is 0 Å². The van der Waals surface area contributed by atoms with Gasteiger partial charge in [0.05, 0.1) is 11.4 Å². The Morgan fingerprint density at radius 3 is 2.59 bits per heavy atom. The zero-order valence-corrected chi connectivity index (χ0v) is 8.86. The number of carbonyl (C=O) groups excluding carboxylic acids is 1. The van der Waals surface area contributed by atoms with Crippen LogP contribution in [-0.4, -0.2) is 23.7 Å². The van der Waals surface area contributed by atoms with Crippen LogP contribution in [0.4, 0.5) is 20.2 Å². The third kappa shape index (κ3) is 3.56. The molecule has 6 N–H and O–H groups in total. The van der Waals surface area contributed by atoms with Crippen molar-refractivity contribution in [1.82, 2.24) is 0 Å². The van der Waals surface area contributed by atoms with Crippen molar-refractivity contribution in [3.05, 3.63) is 23.8 Å². The fourth-order valence-corrected chi connectivity index (χ4v) is 1.19. The summed E-state index contributed by atoms with van der Waals surface area (Å²) in [5.74, 6) is -0.875. The van der Waals surface area contributed by atoms with Gasteiger partial charge in [-0.25, -0.2) is 8.78 Å². The monoisotopic (exact) mass is 245 g/mol. The third-order valence-electron chi connectivity index (χ3n) is 2.14. The number of aliphatic hydroxyl groups is 1. The summed E-state index contributed by atoms with van der Waals surface area (Å²) >= 11 is 0. The number of benzene rings is 1. The number of hydrogen-bond donors (Lipinski definition) is 4. The Balaban J connectivity index is 2.70. The highest BCUT2D eigenvalue weighted by Crippen LogP contribution is 2.26. The average Bonchev–Trinajstić information content (AvgIpc) is 2.26. The van der Waals surface area contributed by atoms with Crippen molar-refractivity contribution in [2.75, 3.05) is 17.6 Å². The summed E-state index contributed by atoms with van der Waals surface area (Å²) in [6.45, 7) is -0.131. The molecular formula is C10H13F2N3O2. The molecule has 1 aromatic carbocycles. The lowest BCUT2D eigenvalue weighted by atomic mass is 10.1. The van der Waals surface area contributed by atoms with Crippen LogP contribution in [0.25, 0.3) is 0 Å². The normalized spacial score (nSPS) is 12.5. The lowest BCUT2D eigenvalue weighted by Gasteiger charge is -2.12. The quantitative estimate of drug-likeness (QED) is 0.566. The standard InChI is InChI=1S/C10H13F2N3O2/c11-9(12)5-1-2-7(6(13)3-5)15-4-8(16)10(14)17/h1-3,8-9,15-16H,4,13H2,(H2,14,17). The van der Waals surface area contributed by atoms with Crippen molar-refractivity contribution in [3.8, 4) is 0 Å². The Hall–Kier alpha value is -1.89. The lowest BCUT2D eigenvalue weighted by molar-refractivity contribution is -0.125. The molecule has 17 heavy (non-hydrogen) atoms. The largest absolute Gasteiger partial charge is 0.397 e. The molecule has 0 radical (unpaired) electrons. The molecule has 0 bridgehead atoms. The van der Waals surface area contributed by atoms with E-state index in [0.717, 1.165) is 6.07 Å². The van der Waals surface area contributed by atoms with Crippen LogP contribution in [0.3, 0.4) is 0 Å². The van der Waals surface area contributed by atoms with Gasteiger partial charge in [0.25, 0.3) is 6.43 Å². The van der Waals surface area contributed by atoms with Gasteiger partial charge in [-0.15, -0.1) is 0 Å². The molecule has 1 unspecified atom stereocenters. The first-order chi connectivity index (χ1) is 7.91. The molecule has 0 saturated heterocycles. The van der Waals surface area contributed by atoms with Crippen molar-refractivity contribution < 1.29 is 18.7 Å². The van der Waals surface area contributed by atoms with Gasteiger partial charge in [0.1, 0.15) is 6.10 Å². The summed E-state index contributed by atoms with van der Waals surface area (Å²) < 4.78 is 24.6. The molecule has 0 spiro atoms. The van der Waals surface area contributed by atoms with Gasteiger partial charge in [0.2, 0.25) is 5.91 Å². The van der Waals surface area contributed by atoms with Crippen LogP contribution in [0.15, 0.2) is 18.2 Å². The summed E-state index contributed by atoms with van der Waals surface area (Å²) in [5, 5.41) is 11.8. The van der Waals surface area contributed by atoms with E-state index in [-0.39, 0.29) is 17.8 Å². The molecule has 1 rings (SSSR count). The molecule has 1 amide bonds. The van der Waals surface area contributed by atoms with Crippen molar-refractivity contribution in [2.45, 2.75) is 12.5 Å². The minimum absolute atomic E-state index is 0.111. The highest BCUT2D eigenvalue weighted by molar-refractivity contribution is 5.79. The fourth-order valence-electron chi connectivity index (χ4n) is 1.19. The molecule has 0 aliphatic rings. The maximum absolute atomic E-state index is 12.3. The molecule has 0 aliphatic heterocycles. The predicted molar refractivity (Wildman–Crippen MR) is 59.5 cm³/mol. The average molecular weight is 245 g/mol. The number of nitrogen functional groups attached to an aromatic ring is 1. The number of hydrogen-bond acceptors (Lipinski definition) is 4. The number of primary amides is 1. The number of halogens is 2. The van der Waals surface area contributed by atoms with Gasteiger partial charge >= 0.3 is 0 Å². The van der Waals surface area contributed by atoms with E-state index >= 15 is 0 Å². The number of amides is 1. The third-order valence-corrected chi connectivity index (χ3v) is 2.14. The number of anilines is 2. The van der Waals surface area contributed by atoms with E-state index in [9.17, 15) is 13.6 Å². The molecule has 7 heteroatoms. The minimum Gasteiger partial charge on any atom is -0.397 e. The second kappa shape index (κ2) is 5.44. The van der Waals surface area contributed by atoms with Gasteiger partial charge in [0.15, 0.2) is 0 Å². The number of rotatable bonds is 5. The highest BCUT2D eigenvalue weighted by Gasteiger charge is 2.12. The molecule has 0 saturated carbocycles. The number of alkyl halides is 2. The van der Waals surface area contributed by atoms with E-state index in [2.05, 4.69) is 5.32 Å². The molecule has 5 nitrogen and oxygen atoms in total. The number of aliphatic hydroxyl groups excluding tert-OH is 1. The Labute approximate surface area is 96.4 Å². The SMILES string of the molecule is NC(=O)C(O)CNc1ccc(C(F)F)cc1N. The molecular weight excluding hydrogens is 232 g/mol. The molecule has 0 heterocycles. The van der Waals surface area contributed by atoms with E-state index in [1.807, 2.05) is 0 Å².